The SMILES string of the molecule is COC(=O)c1cc(Oc2ccc(N(c3ccc(C)cc3)S(=O)O)c(N(C)Cc3ccccc3)c2)ccc1N(c1ccc(C)cc1)S(=O)O. The van der Waals surface area contributed by atoms with E-state index in [1.807, 2.05) is 68.3 Å². The quantitative estimate of drug-likeness (QED) is 0.1000. The minimum Gasteiger partial charge on any atom is -0.465 e. The van der Waals surface area contributed by atoms with Gasteiger partial charge in [0.2, 0.25) is 0 Å². The molecule has 5 rings (SSSR count). The third-order valence-electron chi connectivity index (χ3n) is 7.52. The Bertz CT molecular complexity index is 1940. The third kappa shape index (κ3) is 7.92. The van der Waals surface area contributed by atoms with Crippen LogP contribution in [0.2, 0.25) is 0 Å². The Morgan fingerprint density at radius 2 is 1.17 bits per heavy atom. The Labute approximate surface area is 285 Å². The molecule has 0 spiro atoms. The van der Waals surface area contributed by atoms with E-state index in [1.54, 1.807) is 60.7 Å². The van der Waals surface area contributed by atoms with Gasteiger partial charge in [0.05, 0.1) is 41.1 Å². The van der Waals surface area contributed by atoms with Crippen molar-refractivity contribution in [1.29, 1.82) is 0 Å². The highest BCUT2D eigenvalue weighted by molar-refractivity contribution is 7.81. The van der Waals surface area contributed by atoms with Gasteiger partial charge in [-0.15, -0.1) is 0 Å². The second-order valence-corrected chi connectivity index (χ2v) is 12.6. The first-order valence-electron chi connectivity index (χ1n) is 14.8. The van der Waals surface area contributed by atoms with Crippen LogP contribution < -0.4 is 18.2 Å². The van der Waals surface area contributed by atoms with Crippen LogP contribution in [0.3, 0.4) is 0 Å². The van der Waals surface area contributed by atoms with Crippen LogP contribution in [-0.2, 0) is 33.8 Å². The largest absolute Gasteiger partial charge is 0.465 e. The lowest BCUT2D eigenvalue weighted by molar-refractivity contribution is 0.0601. The fourth-order valence-electron chi connectivity index (χ4n) is 5.14. The molecule has 0 aliphatic rings. The number of hydrogen-bond acceptors (Lipinski definition) is 6. The van der Waals surface area contributed by atoms with Crippen molar-refractivity contribution in [2.45, 2.75) is 20.4 Å². The van der Waals surface area contributed by atoms with E-state index in [2.05, 4.69) is 0 Å². The van der Waals surface area contributed by atoms with Gasteiger partial charge in [-0.2, -0.15) is 0 Å². The van der Waals surface area contributed by atoms with Crippen LogP contribution in [-0.4, -0.2) is 37.7 Å². The highest BCUT2D eigenvalue weighted by atomic mass is 32.2. The number of rotatable bonds is 12. The van der Waals surface area contributed by atoms with Crippen molar-refractivity contribution in [3.63, 3.8) is 0 Å². The molecule has 0 radical (unpaired) electrons. The maximum atomic E-state index is 13.0. The molecular formula is C36H35N3O7S2. The molecule has 0 aromatic heterocycles. The van der Waals surface area contributed by atoms with Gasteiger partial charge in [-0.25, -0.2) is 21.8 Å². The lowest BCUT2D eigenvalue weighted by atomic mass is 10.1. The molecule has 0 aliphatic heterocycles. The highest BCUT2D eigenvalue weighted by Gasteiger charge is 2.25. The van der Waals surface area contributed by atoms with Crippen LogP contribution >= 0.6 is 0 Å². The van der Waals surface area contributed by atoms with E-state index in [4.69, 9.17) is 9.47 Å². The number of benzene rings is 5. The second kappa shape index (κ2) is 15.3. The molecule has 2 atom stereocenters. The van der Waals surface area contributed by atoms with Gasteiger partial charge in [0.1, 0.15) is 11.5 Å². The number of methoxy groups -OCH3 is 1. The number of carbonyl (C=O) groups is 1. The van der Waals surface area contributed by atoms with Gasteiger partial charge in [0.25, 0.3) is 22.5 Å². The average molecular weight is 686 g/mol. The van der Waals surface area contributed by atoms with Gasteiger partial charge in [-0.05, 0) is 74.0 Å². The lowest BCUT2D eigenvalue weighted by Gasteiger charge is -2.28. The summed E-state index contributed by atoms with van der Waals surface area (Å²) in [6, 6.07) is 33.7. The van der Waals surface area contributed by atoms with Crippen molar-refractivity contribution in [2.24, 2.45) is 0 Å². The third-order valence-corrected chi connectivity index (χ3v) is 8.96. The van der Waals surface area contributed by atoms with Crippen LogP contribution in [0.5, 0.6) is 11.5 Å². The van der Waals surface area contributed by atoms with Crippen LogP contribution in [0.25, 0.3) is 0 Å². The van der Waals surface area contributed by atoms with Crippen molar-refractivity contribution in [3.8, 4) is 11.5 Å². The molecule has 0 aliphatic carbocycles. The molecule has 0 saturated heterocycles. The maximum absolute atomic E-state index is 13.0. The van der Waals surface area contributed by atoms with Crippen molar-refractivity contribution in [2.75, 3.05) is 27.7 Å². The molecule has 12 heteroatoms. The molecule has 248 valence electrons. The fraction of sp³-hybridized carbons (Fsp3) is 0.139. The van der Waals surface area contributed by atoms with Crippen molar-refractivity contribution >= 4 is 56.9 Å². The summed E-state index contributed by atoms with van der Waals surface area (Å²) in [5, 5.41) is 0. The fourth-order valence-corrected chi connectivity index (χ4v) is 6.39. The molecule has 48 heavy (non-hydrogen) atoms. The summed E-state index contributed by atoms with van der Waals surface area (Å²) in [5.41, 5.74) is 5.17. The van der Waals surface area contributed by atoms with E-state index in [-0.39, 0.29) is 17.0 Å². The predicted octanol–water partition coefficient (Wildman–Crippen LogP) is 8.07. The van der Waals surface area contributed by atoms with Gasteiger partial charge in [-0.1, -0.05) is 65.7 Å². The Balaban J connectivity index is 1.56. The average Bonchev–Trinajstić information content (AvgIpc) is 3.07. The van der Waals surface area contributed by atoms with Gasteiger partial charge >= 0.3 is 5.97 Å². The van der Waals surface area contributed by atoms with E-state index in [9.17, 15) is 22.3 Å². The van der Waals surface area contributed by atoms with E-state index in [1.165, 1.54) is 23.5 Å². The number of hydrogen-bond donors (Lipinski definition) is 2. The number of anilines is 5. The zero-order valence-corrected chi connectivity index (χ0v) is 28.4. The molecule has 5 aromatic carbocycles. The highest BCUT2D eigenvalue weighted by Crippen LogP contribution is 2.40. The first-order valence-corrected chi connectivity index (χ1v) is 16.9. The van der Waals surface area contributed by atoms with Gasteiger partial charge < -0.3 is 14.4 Å². The summed E-state index contributed by atoms with van der Waals surface area (Å²) < 4.78 is 59.7. The van der Waals surface area contributed by atoms with Gasteiger partial charge in [-0.3, -0.25) is 9.11 Å². The monoisotopic (exact) mass is 685 g/mol. The topological polar surface area (TPSA) is 120 Å². The van der Waals surface area contributed by atoms with E-state index in [0.29, 0.717) is 35.0 Å². The van der Waals surface area contributed by atoms with E-state index < -0.39 is 28.5 Å². The Morgan fingerprint density at radius 1 is 0.667 bits per heavy atom. The zero-order valence-electron chi connectivity index (χ0n) is 26.8. The summed E-state index contributed by atoms with van der Waals surface area (Å²) in [4.78, 5) is 14.9. The summed E-state index contributed by atoms with van der Waals surface area (Å²) in [7, 11) is 3.10. The minimum atomic E-state index is -2.51. The Kier molecular flexibility index (Phi) is 10.9. The molecule has 0 saturated carbocycles. The van der Waals surface area contributed by atoms with Crippen LogP contribution in [0.4, 0.5) is 28.4 Å². The minimum absolute atomic E-state index is 0.0113. The van der Waals surface area contributed by atoms with Gasteiger partial charge in [0, 0.05) is 19.7 Å². The Morgan fingerprint density at radius 3 is 1.69 bits per heavy atom. The summed E-state index contributed by atoms with van der Waals surface area (Å²) in [6.45, 7) is 4.33. The van der Waals surface area contributed by atoms with E-state index >= 15 is 0 Å². The summed E-state index contributed by atoms with van der Waals surface area (Å²) in [5.74, 6) is -0.0843. The number of ether oxygens (including phenoxy) is 2. The predicted molar refractivity (Wildman–Crippen MR) is 191 cm³/mol. The smallest absolute Gasteiger partial charge is 0.340 e. The number of nitrogens with zero attached hydrogens (tertiary/aromatic N) is 3. The normalized spacial score (nSPS) is 12.1. The van der Waals surface area contributed by atoms with E-state index in [0.717, 1.165) is 21.0 Å². The molecule has 0 heterocycles. The molecule has 0 bridgehead atoms. The number of carbonyl (C=O) groups excluding carboxylic acids is 1. The first-order chi connectivity index (χ1) is 23.0. The number of esters is 1. The summed E-state index contributed by atoms with van der Waals surface area (Å²) in [6.07, 6.45) is 0. The molecule has 2 N–H and O–H groups in total. The Hall–Kier alpha value is -5.01. The molecule has 0 amide bonds. The van der Waals surface area contributed by atoms with Crippen molar-refractivity contribution in [1.82, 2.24) is 0 Å². The standard InChI is InChI=1S/C36H35N3O7S2/c1-25-10-14-28(15-11-25)38(47(41)42)33-20-18-30(22-32(33)36(40)45-4)46-31-19-21-34(39(48(43)44)29-16-12-26(2)13-17-29)35(23-31)37(3)24-27-8-6-5-7-9-27/h5-23H,24H2,1-4H3,(H,41,42)(H,43,44). The zero-order chi connectivity index (χ0) is 34.4. The summed E-state index contributed by atoms with van der Waals surface area (Å²) >= 11 is -4.91. The molecular weight excluding hydrogens is 651 g/mol. The molecule has 5 aromatic rings. The maximum Gasteiger partial charge on any atom is 0.340 e. The van der Waals surface area contributed by atoms with Gasteiger partial charge in [0.15, 0.2) is 0 Å². The van der Waals surface area contributed by atoms with Crippen molar-refractivity contribution < 1.29 is 31.8 Å². The van der Waals surface area contributed by atoms with Crippen LogP contribution in [0.15, 0.2) is 115 Å². The molecule has 10 nitrogen and oxygen atoms in total. The lowest BCUT2D eigenvalue weighted by Crippen LogP contribution is -2.24. The molecule has 2 unspecified atom stereocenters. The first kappa shape index (κ1) is 34.3. The van der Waals surface area contributed by atoms with Crippen LogP contribution in [0, 0.1) is 13.8 Å². The van der Waals surface area contributed by atoms with Crippen LogP contribution in [0.1, 0.15) is 27.0 Å². The number of aryl methyl sites for hydroxylation is 2. The van der Waals surface area contributed by atoms with Crippen molar-refractivity contribution in [3.05, 3.63) is 138 Å². The second-order valence-electron chi connectivity index (χ2n) is 11.0. The molecule has 0 fully saturated rings.